The van der Waals surface area contributed by atoms with Crippen LogP contribution in [0, 0.1) is 6.92 Å². The first kappa shape index (κ1) is 11.9. The zero-order valence-corrected chi connectivity index (χ0v) is 10.2. The van der Waals surface area contributed by atoms with Gasteiger partial charge in [-0.25, -0.2) is 0 Å². The minimum absolute atomic E-state index is 0.565. The maximum absolute atomic E-state index is 5.81. The van der Waals surface area contributed by atoms with Gasteiger partial charge in [-0.1, -0.05) is 19.4 Å². The number of hydrogen-bond acceptors (Lipinski definition) is 2. The number of anilines is 2. The van der Waals surface area contributed by atoms with E-state index in [1.807, 2.05) is 6.07 Å². The van der Waals surface area contributed by atoms with Gasteiger partial charge >= 0.3 is 0 Å². The van der Waals surface area contributed by atoms with E-state index in [0.29, 0.717) is 6.04 Å². The van der Waals surface area contributed by atoms with Gasteiger partial charge in [0.1, 0.15) is 0 Å². The van der Waals surface area contributed by atoms with E-state index in [4.69, 9.17) is 5.73 Å². The Balaban J connectivity index is 2.89. The minimum Gasteiger partial charge on any atom is -0.399 e. The van der Waals surface area contributed by atoms with E-state index >= 15 is 0 Å². The molecule has 0 amide bonds. The van der Waals surface area contributed by atoms with E-state index in [1.165, 1.54) is 24.1 Å². The van der Waals surface area contributed by atoms with Crippen molar-refractivity contribution in [2.45, 2.75) is 39.7 Å². The summed E-state index contributed by atoms with van der Waals surface area (Å²) < 4.78 is 0. The SMILES string of the molecule is CCCC(C)N(C)c1cc(N)ccc1C. The molecule has 2 nitrogen and oxygen atoms in total. The lowest BCUT2D eigenvalue weighted by Gasteiger charge is -2.28. The Labute approximate surface area is 93.1 Å². The molecule has 0 saturated heterocycles. The van der Waals surface area contributed by atoms with Crippen LogP contribution >= 0.6 is 0 Å². The fourth-order valence-corrected chi connectivity index (χ4v) is 1.86. The highest BCUT2D eigenvalue weighted by molar-refractivity contribution is 5.60. The molecule has 84 valence electrons. The Morgan fingerprint density at radius 3 is 2.67 bits per heavy atom. The first-order valence-corrected chi connectivity index (χ1v) is 5.65. The third kappa shape index (κ3) is 2.88. The molecule has 15 heavy (non-hydrogen) atoms. The number of aryl methyl sites for hydroxylation is 1. The van der Waals surface area contributed by atoms with E-state index in [9.17, 15) is 0 Å². The Morgan fingerprint density at radius 2 is 2.07 bits per heavy atom. The summed E-state index contributed by atoms with van der Waals surface area (Å²) in [5.74, 6) is 0. The van der Waals surface area contributed by atoms with Gasteiger partial charge in [-0.05, 0) is 38.0 Å². The molecule has 1 aromatic carbocycles. The number of nitrogens with two attached hydrogens (primary N) is 1. The largest absolute Gasteiger partial charge is 0.399 e. The van der Waals surface area contributed by atoms with Crippen LogP contribution in [0.4, 0.5) is 11.4 Å². The van der Waals surface area contributed by atoms with Crippen molar-refractivity contribution in [1.29, 1.82) is 0 Å². The molecule has 0 aromatic heterocycles. The second-order valence-electron chi connectivity index (χ2n) is 4.29. The molecule has 1 atom stereocenters. The standard InChI is InChI=1S/C13H22N2/c1-5-6-11(3)15(4)13-9-12(14)8-7-10(13)2/h7-9,11H,5-6,14H2,1-4H3. The smallest absolute Gasteiger partial charge is 0.0416 e. The number of rotatable bonds is 4. The van der Waals surface area contributed by atoms with Crippen molar-refractivity contribution in [3.05, 3.63) is 23.8 Å². The summed E-state index contributed by atoms with van der Waals surface area (Å²) in [5.41, 5.74) is 9.18. The van der Waals surface area contributed by atoms with Gasteiger partial charge in [0.25, 0.3) is 0 Å². The first-order valence-electron chi connectivity index (χ1n) is 5.65. The Hall–Kier alpha value is -1.18. The summed E-state index contributed by atoms with van der Waals surface area (Å²) in [7, 11) is 2.14. The van der Waals surface area contributed by atoms with E-state index in [0.717, 1.165) is 5.69 Å². The van der Waals surface area contributed by atoms with Crippen LogP contribution in [-0.2, 0) is 0 Å². The summed E-state index contributed by atoms with van der Waals surface area (Å²) in [6, 6.07) is 6.66. The predicted molar refractivity (Wildman–Crippen MR) is 68.4 cm³/mol. The average molecular weight is 206 g/mol. The van der Waals surface area contributed by atoms with Gasteiger partial charge in [-0.3, -0.25) is 0 Å². The molecule has 2 heteroatoms. The second kappa shape index (κ2) is 5.06. The normalized spacial score (nSPS) is 12.5. The molecule has 0 aliphatic heterocycles. The highest BCUT2D eigenvalue weighted by Gasteiger charge is 2.11. The molecule has 0 aliphatic rings. The van der Waals surface area contributed by atoms with Crippen LogP contribution in [0.1, 0.15) is 32.3 Å². The van der Waals surface area contributed by atoms with Gasteiger partial charge in [-0.2, -0.15) is 0 Å². The number of nitrogens with zero attached hydrogens (tertiary/aromatic N) is 1. The van der Waals surface area contributed by atoms with Crippen LogP contribution in [0.25, 0.3) is 0 Å². The van der Waals surface area contributed by atoms with Gasteiger partial charge in [0.15, 0.2) is 0 Å². The van der Waals surface area contributed by atoms with Crippen molar-refractivity contribution in [1.82, 2.24) is 0 Å². The molecule has 0 bridgehead atoms. The van der Waals surface area contributed by atoms with Crippen molar-refractivity contribution in [3.8, 4) is 0 Å². The Morgan fingerprint density at radius 1 is 1.40 bits per heavy atom. The molecule has 0 aliphatic carbocycles. The van der Waals surface area contributed by atoms with Crippen LogP contribution in [0.3, 0.4) is 0 Å². The molecular weight excluding hydrogens is 184 g/mol. The first-order chi connectivity index (χ1) is 7.06. The van der Waals surface area contributed by atoms with Gasteiger partial charge in [0.05, 0.1) is 0 Å². The molecule has 0 spiro atoms. The predicted octanol–water partition coefficient (Wildman–Crippen LogP) is 3.20. The summed E-state index contributed by atoms with van der Waals surface area (Å²) in [4.78, 5) is 2.31. The average Bonchev–Trinajstić information content (AvgIpc) is 2.21. The van der Waals surface area contributed by atoms with Gasteiger partial charge < -0.3 is 10.6 Å². The van der Waals surface area contributed by atoms with Gasteiger partial charge in [0.2, 0.25) is 0 Å². The molecule has 0 fully saturated rings. The van der Waals surface area contributed by atoms with Gasteiger partial charge in [-0.15, -0.1) is 0 Å². The molecule has 1 aromatic rings. The van der Waals surface area contributed by atoms with Crippen LogP contribution in [0.5, 0.6) is 0 Å². The topological polar surface area (TPSA) is 29.3 Å². The fourth-order valence-electron chi connectivity index (χ4n) is 1.86. The lowest BCUT2D eigenvalue weighted by Crippen LogP contribution is -2.29. The minimum atomic E-state index is 0.565. The van der Waals surface area contributed by atoms with Crippen molar-refractivity contribution in [3.63, 3.8) is 0 Å². The molecular formula is C13H22N2. The third-order valence-electron chi connectivity index (χ3n) is 2.98. The Kier molecular flexibility index (Phi) is 4.01. The lowest BCUT2D eigenvalue weighted by molar-refractivity contribution is 0.615. The lowest BCUT2D eigenvalue weighted by atomic mass is 10.1. The highest BCUT2D eigenvalue weighted by Crippen LogP contribution is 2.24. The van der Waals surface area contributed by atoms with Gasteiger partial charge in [0, 0.05) is 24.5 Å². The van der Waals surface area contributed by atoms with E-state index in [-0.39, 0.29) is 0 Å². The molecule has 1 rings (SSSR count). The van der Waals surface area contributed by atoms with Crippen molar-refractivity contribution < 1.29 is 0 Å². The molecule has 0 saturated carbocycles. The summed E-state index contributed by atoms with van der Waals surface area (Å²) in [6.07, 6.45) is 2.43. The van der Waals surface area contributed by atoms with E-state index in [1.54, 1.807) is 0 Å². The van der Waals surface area contributed by atoms with E-state index < -0.39 is 0 Å². The number of benzene rings is 1. The van der Waals surface area contributed by atoms with Crippen molar-refractivity contribution in [2.24, 2.45) is 0 Å². The molecule has 1 unspecified atom stereocenters. The van der Waals surface area contributed by atoms with Crippen LogP contribution in [0.2, 0.25) is 0 Å². The van der Waals surface area contributed by atoms with Crippen molar-refractivity contribution >= 4 is 11.4 Å². The van der Waals surface area contributed by atoms with Crippen molar-refractivity contribution in [2.75, 3.05) is 17.7 Å². The van der Waals surface area contributed by atoms with Crippen LogP contribution < -0.4 is 10.6 Å². The quantitative estimate of drug-likeness (QED) is 0.766. The zero-order chi connectivity index (χ0) is 11.4. The molecule has 2 N–H and O–H groups in total. The third-order valence-corrected chi connectivity index (χ3v) is 2.98. The van der Waals surface area contributed by atoms with E-state index in [2.05, 4.69) is 44.9 Å². The maximum atomic E-state index is 5.81. The monoisotopic (exact) mass is 206 g/mol. The summed E-state index contributed by atoms with van der Waals surface area (Å²) >= 11 is 0. The second-order valence-corrected chi connectivity index (χ2v) is 4.29. The maximum Gasteiger partial charge on any atom is 0.0416 e. The number of nitrogen functional groups attached to an aromatic ring is 1. The number of hydrogen-bond donors (Lipinski definition) is 1. The molecule has 0 radical (unpaired) electrons. The molecule has 0 heterocycles. The Bertz CT molecular complexity index is 320. The summed E-state index contributed by atoms with van der Waals surface area (Å²) in [6.45, 7) is 6.60. The summed E-state index contributed by atoms with van der Waals surface area (Å²) in [5, 5.41) is 0. The van der Waals surface area contributed by atoms with Crippen LogP contribution in [0.15, 0.2) is 18.2 Å². The fraction of sp³-hybridized carbons (Fsp3) is 0.538. The zero-order valence-electron chi connectivity index (χ0n) is 10.2. The highest BCUT2D eigenvalue weighted by atomic mass is 15.1. The van der Waals surface area contributed by atoms with Crippen LogP contribution in [-0.4, -0.2) is 13.1 Å².